The molecule has 1 fully saturated rings. The molecule has 0 radical (unpaired) electrons. The molecule has 0 aromatic heterocycles. The van der Waals surface area contributed by atoms with Crippen LogP contribution in [0.5, 0.6) is 0 Å². The molecule has 2 aromatic carbocycles. The average Bonchev–Trinajstić information content (AvgIpc) is 2.88. The van der Waals surface area contributed by atoms with Gasteiger partial charge in [0, 0.05) is 38.0 Å². The van der Waals surface area contributed by atoms with Crippen molar-refractivity contribution in [3.05, 3.63) is 65.4 Å². The van der Waals surface area contributed by atoms with E-state index in [9.17, 15) is 24.3 Å². The van der Waals surface area contributed by atoms with Crippen LogP contribution in [-0.2, 0) is 19.1 Å². The van der Waals surface area contributed by atoms with Crippen molar-refractivity contribution in [1.29, 1.82) is 0 Å². The number of anilines is 1. The maximum Gasteiger partial charge on any atom is 1.00 e. The quantitative estimate of drug-likeness (QED) is 0.188. The van der Waals surface area contributed by atoms with Gasteiger partial charge in [-0.2, -0.15) is 5.11 Å². The van der Waals surface area contributed by atoms with Crippen LogP contribution in [0.1, 0.15) is 17.3 Å². The Morgan fingerprint density at radius 1 is 1.13 bits per heavy atom. The molecule has 2 atom stereocenters. The normalized spacial score (nSPS) is 18.3. The molecule has 1 unspecified atom stereocenters. The summed E-state index contributed by atoms with van der Waals surface area (Å²) in [5.74, 6) is -3.05. The first kappa shape index (κ1) is 29.4. The number of hydrogen-bond donors (Lipinski definition) is 1. The summed E-state index contributed by atoms with van der Waals surface area (Å²) in [5, 5.41) is 22.2. The van der Waals surface area contributed by atoms with Crippen LogP contribution < -0.4 is 44.9 Å². The van der Waals surface area contributed by atoms with Crippen LogP contribution >= 0.6 is 11.8 Å². The smallest absolute Gasteiger partial charge is 0.543 e. The molecule has 0 saturated carbocycles. The van der Waals surface area contributed by atoms with Crippen LogP contribution in [-0.4, -0.2) is 66.5 Å². The van der Waals surface area contributed by atoms with Crippen molar-refractivity contribution in [2.45, 2.75) is 18.3 Å². The minimum atomic E-state index is -1.55. The number of nitrogens with zero attached hydrogens (tertiary/aromatic N) is 4. The van der Waals surface area contributed by atoms with Crippen molar-refractivity contribution in [1.82, 2.24) is 10.2 Å². The van der Waals surface area contributed by atoms with Crippen LogP contribution in [0.25, 0.3) is 0 Å². The van der Waals surface area contributed by atoms with Gasteiger partial charge >= 0.3 is 35.5 Å². The number of fused-ring (bicyclic) bond motifs is 1. The first-order valence-electron chi connectivity index (χ1n) is 11.3. The Morgan fingerprint density at radius 2 is 1.82 bits per heavy atom. The molecule has 1 N–H and O–H groups in total. The first-order chi connectivity index (χ1) is 17.7. The van der Waals surface area contributed by atoms with Crippen LogP contribution in [0.4, 0.5) is 17.1 Å². The summed E-state index contributed by atoms with van der Waals surface area (Å²) < 4.78 is 4.91. The number of carboxylic acid groups (broad SMARTS) is 1. The number of rotatable bonds is 8. The number of ether oxygens (including phenoxy) is 1. The molecule has 2 amide bonds. The maximum absolute atomic E-state index is 13.1. The van der Waals surface area contributed by atoms with E-state index < -0.39 is 35.2 Å². The van der Waals surface area contributed by atoms with Gasteiger partial charge in [0.1, 0.15) is 18.0 Å². The van der Waals surface area contributed by atoms with Crippen molar-refractivity contribution in [2.75, 3.05) is 31.4 Å². The Bertz CT molecular complexity index is 1310. The predicted molar refractivity (Wildman–Crippen MR) is 134 cm³/mol. The first-order valence-corrected chi connectivity index (χ1v) is 12.3. The molecular formula is C25H24N5NaO6S. The average molecular weight is 546 g/mol. The molecular weight excluding hydrogens is 521 g/mol. The largest absolute Gasteiger partial charge is 1.00 e. The van der Waals surface area contributed by atoms with E-state index in [4.69, 9.17) is 4.74 Å². The predicted octanol–water partition coefficient (Wildman–Crippen LogP) is -1.25. The van der Waals surface area contributed by atoms with E-state index in [0.717, 1.165) is 10.6 Å². The van der Waals surface area contributed by atoms with Gasteiger partial charge in [0.25, 0.3) is 11.8 Å². The van der Waals surface area contributed by atoms with Crippen LogP contribution in [0.3, 0.4) is 0 Å². The third-order valence-corrected chi connectivity index (χ3v) is 7.10. The molecule has 192 valence electrons. The Balaban J connectivity index is 0.00000400. The summed E-state index contributed by atoms with van der Waals surface area (Å²) in [5.41, 5.74) is 2.09. The minimum absolute atomic E-state index is 0. The number of carbonyl (C=O) groups is 4. The summed E-state index contributed by atoms with van der Waals surface area (Å²) in [4.78, 5) is 51.8. The van der Waals surface area contributed by atoms with E-state index in [1.165, 1.54) is 18.7 Å². The van der Waals surface area contributed by atoms with Crippen LogP contribution in [0.15, 0.2) is 70.0 Å². The van der Waals surface area contributed by atoms with E-state index in [1.807, 2.05) is 43.3 Å². The van der Waals surface area contributed by atoms with Crippen LogP contribution in [0, 0.1) is 0 Å². The number of esters is 1. The monoisotopic (exact) mass is 545 g/mol. The number of β-lactam (4-membered cyclic amide) rings is 1. The minimum Gasteiger partial charge on any atom is -0.543 e. The molecule has 0 bridgehead atoms. The second kappa shape index (κ2) is 12.6. The molecule has 4 rings (SSSR count). The molecule has 11 nitrogen and oxygen atoms in total. The fraction of sp³-hybridized carbons (Fsp3) is 0.280. The standard InChI is InChI=1S/C25H25N5O6S.Na/c1-14(31)36-12-15-13-37-24-20(23(33)30(24)21(15)25(34)35)26-22(32)18-6-4-5-7-19(18)28-27-16-8-10-17(11-9-16)29(2)3;/h4-11,20,24H,12-13H2,1-3H3,(H,26,32)(H,34,35);/q;+1/p-1/t20-,24?;/m1./s1. The molecule has 2 aliphatic rings. The SMILES string of the molecule is CC(=O)OCC1=C(C(=O)[O-])N2C(=O)[C@@H](NC(=O)c3ccccc3N=Nc3ccc(N(C)C)cc3)C2SC1.[Na+]. The zero-order valence-corrected chi connectivity index (χ0v) is 24.2. The summed E-state index contributed by atoms with van der Waals surface area (Å²) in [6, 6.07) is 13.1. The third-order valence-electron chi connectivity index (χ3n) is 5.76. The van der Waals surface area contributed by atoms with Gasteiger partial charge in [-0.1, -0.05) is 12.1 Å². The maximum atomic E-state index is 13.1. The number of carbonyl (C=O) groups excluding carboxylic acids is 4. The molecule has 0 spiro atoms. The van der Waals surface area contributed by atoms with Gasteiger partial charge in [-0.3, -0.25) is 19.3 Å². The Labute approximate surface area is 245 Å². The summed E-state index contributed by atoms with van der Waals surface area (Å²) in [7, 11) is 3.86. The molecule has 38 heavy (non-hydrogen) atoms. The Kier molecular flexibility index (Phi) is 9.71. The van der Waals surface area contributed by atoms with E-state index in [-0.39, 0.29) is 58.8 Å². The van der Waals surface area contributed by atoms with E-state index in [1.54, 1.807) is 24.3 Å². The molecule has 0 aliphatic carbocycles. The van der Waals surface area contributed by atoms with Gasteiger partial charge in [0.2, 0.25) is 0 Å². The number of thioether (sulfide) groups is 1. The van der Waals surface area contributed by atoms with E-state index in [0.29, 0.717) is 11.4 Å². The molecule has 13 heteroatoms. The van der Waals surface area contributed by atoms with Crippen molar-refractivity contribution >= 4 is 52.6 Å². The van der Waals surface area contributed by atoms with E-state index in [2.05, 4.69) is 15.5 Å². The molecule has 1 saturated heterocycles. The van der Waals surface area contributed by atoms with Crippen molar-refractivity contribution in [3.8, 4) is 0 Å². The van der Waals surface area contributed by atoms with Crippen molar-refractivity contribution in [3.63, 3.8) is 0 Å². The molecule has 2 aliphatic heterocycles. The van der Waals surface area contributed by atoms with Gasteiger partial charge in [0.05, 0.1) is 28.6 Å². The number of carboxylic acids is 1. The fourth-order valence-electron chi connectivity index (χ4n) is 3.87. The third kappa shape index (κ3) is 6.26. The van der Waals surface area contributed by atoms with Crippen molar-refractivity contribution < 1.29 is 58.6 Å². The number of aliphatic carboxylic acids is 1. The number of nitrogens with one attached hydrogen (secondary N) is 1. The van der Waals surface area contributed by atoms with Crippen molar-refractivity contribution in [2.24, 2.45) is 10.2 Å². The number of hydrogen-bond acceptors (Lipinski definition) is 10. The topological polar surface area (TPSA) is 144 Å². The Hall–Kier alpha value is -3.19. The second-order valence-electron chi connectivity index (χ2n) is 8.51. The number of azo groups is 1. The fourth-order valence-corrected chi connectivity index (χ4v) is 5.20. The summed E-state index contributed by atoms with van der Waals surface area (Å²) in [6.07, 6.45) is 0. The molecule has 2 heterocycles. The Morgan fingerprint density at radius 3 is 2.45 bits per heavy atom. The van der Waals surface area contributed by atoms with Gasteiger partial charge in [-0.15, -0.1) is 16.9 Å². The van der Waals surface area contributed by atoms with Gasteiger partial charge < -0.3 is 24.9 Å². The van der Waals surface area contributed by atoms with Gasteiger partial charge in [0.15, 0.2) is 0 Å². The molecule has 2 aromatic rings. The van der Waals surface area contributed by atoms with E-state index >= 15 is 0 Å². The second-order valence-corrected chi connectivity index (χ2v) is 9.61. The zero-order valence-electron chi connectivity index (χ0n) is 21.3. The zero-order chi connectivity index (χ0) is 26.7. The summed E-state index contributed by atoms with van der Waals surface area (Å²) >= 11 is 1.26. The van der Waals surface area contributed by atoms with Gasteiger partial charge in [-0.05, 0) is 36.4 Å². The number of benzene rings is 2. The van der Waals surface area contributed by atoms with Gasteiger partial charge in [-0.25, -0.2) is 0 Å². The van der Waals surface area contributed by atoms with Crippen LogP contribution in [0.2, 0.25) is 0 Å². The number of amides is 2. The summed E-state index contributed by atoms with van der Waals surface area (Å²) in [6.45, 7) is 0.950.